The Morgan fingerprint density at radius 1 is 1.27 bits per heavy atom. The third-order valence-corrected chi connectivity index (χ3v) is 7.26. The Kier molecular flexibility index (Phi) is 6.16. The van der Waals surface area contributed by atoms with Gasteiger partial charge in [0.2, 0.25) is 11.8 Å². The van der Waals surface area contributed by atoms with Gasteiger partial charge in [0.1, 0.15) is 6.04 Å². The van der Waals surface area contributed by atoms with Crippen LogP contribution >= 0.6 is 0 Å². The number of piperazine rings is 1. The quantitative estimate of drug-likeness (QED) is 0.672. The molecule has 178 valence electrons. The molecule has 4 rings (SSSR count). The summed E-state index contributed by atoms with van der Waals surface area (Å²) in [7, 11) is 0. The molecule has 0 spiro atoms. The maximum Gasteiger partial charge on any atom is 0.416 e. The van der Waals surface area contributed by atoms with Crippen molar-refractivity contribution in [3.05, 3.63) is 34.9 Å². The Morgan fingerprint density at radius 2 is 2.00 bits per heavy atom. The second-order valence-corrected chi connectivity index (χ2v) is 9.63. The minimum absolute atomic E-state index is 0.0565. The van der Waals surface area contributed by atoms with Crippen LogP contribution in [0.4, 0.5) is 13.2 Å². The third-order valence-electron chi connectivity index (χ3n) is 7.26. The molecule has 5 atom stereocenters. The highest BCUT2D eigenvalue weighted by Crippen LogP contribution is 2.40. The molecule has 33 heavy (non-hydrogen) atoms. The summed E-state index contributed by atoms with van der Waals surface area (Å²) in [5.74, 6) is -0.480. The van der Waals surface area contributed by atoms with E-state index in [2.05, 4.69) is 6.07 Å². The summed E-state index contributed by atoms with van der Waals surface area (Å²) in [6.07, 6.45) is -2.30. The lowest BCUT2D eigenvalue weighted by atomic mass is 9.99. The van der Waals surface area contributed by atoms with Crippen molar-refractivity contribution in [1.82, 2.24) is 14.7 Å². The summed E-state index contributed by atoms with van der Waals surface area (Å²) in [5, 5.41) is 9.26. The van der Waals surface area contributed by atoms with Crippen molar-refractivity contribution in [3.63, 3.8) is 0 Å². The number of rotatable bonds is 5. The molecular weight excluding hydrogens is 433 g/mol. The van der Waals surface area contributed by atoms with Crippen LogP contribution in [0.5, 0.6) is 0 Å². The molecule has 1 aromatic carbocycles. The molecule has 9 heteroatoms. The smallest absolute Gasteiger partial charge is 0.330 e. The van der Waals surface area contributed by atoms with Gasteiger partial charge in [-0.3, -0.25) is 14.5 Å². The molecule has 3 aliphatic rings. The van der Waals surface area contributed by atoms with Gasteiger partial charge >= 0.3 is 6.18 Å². The van der Waals surface area contributed by atoms with E-state index in [1.807, 2.05) is 11.8 Å². The zero-order valence-corrected chi connectivity index (χ0v) is 19.1. The van der Waals surface area contributed by atoms with Gasteiger partial charge in [-0.05, 0) is 50.8 Å². The van der Waals surface area contributed by atoms with E-state index < -0.39 is 17.8 Å². The normalized spacial score (nSPS) is 27.2. The zero-order valence-electron chi connectivity index (χ0n) is 19.1. The number of fused-ring (bicyclic) bond motifs is 2. The molecule has 0 N–H and O–H groups in total. The highest BCUT2D eigenvalue weighted by Gasteiger charge is 2.51. The predicted octanol–water partition coefficient (Wildman–Crippen LogP) is 3.51. The highest BCUT2D eigenvalue weighted by molar-refractivity contribution is 5.86. The molecule has 0 saturated carbocycles. The Morgan fingerprint density at radius 3 is 2.64 bits per heavy atom. The number of carbonyl (C=O) groups is 2. The van der Waals surface area contributed by atoms with Crippen molar-refractivity contribution in [2.24, 2.45) is 5.92 Å². The van der Waals surface area contributed by atoms with E-state index in [4.69, 9.17) is 0 Å². The fourth-order valence-electron chi connectivity index (χ4n) is 5.65. The number of halogens is 3. The number of nitrogens with zero attached hydrogens (tertiary/aromatic N) is 4. The Balaban J connectivity index is 1.44. The van der Waals surface area contributed by atoms with Gasteiger partial charge in [0.25, 0.3) is 0 Å². The Hall–Kier alpha value is -2.60. The lowest BCUT2D eigenvalue weighted by Gasteiger charge is -2.38. The average molecular weight is 463 g/mol. The van der Waals surface area contributed by atoms with Gasteiger partial charge in [-0.2, -0.15) is 18.4 Å². The summed E-state index contributed by atoms with van der Waals surface area (Å²) in [6, 6.07) is 4.87. The molecule has 6 nitrogen and oxygen atoms in total. The molecule has 3 saturated heterocycles. The number of likely N-dealkylation sites (tertiary alicyclic amines) is 3. The molecule has 3 heterocycles. The van der Waals surface area contributed by atoms with Gasteiger partial charge < -0.3 is 9.80 Å². The minimum atomic E-state index is -4.44. The molecule has 0 aromatic heterocycles. The fraction of sp³-hybridized carbons (Fsp3) is 0.625. The SMILES string of the molecule is Cc1cc([C@@H](C)N2C(=O)[C@H]3CC2CN3C[C@H](C)C(=O)N2CCC[C@H]2C#N)cc(C(F)(F)F)c1. The first-order chi connectivity index (χ1) is 15.5. The molecule has 3 aliphatic heterocycles. The number of aryl methyl sites for hydroxylation is 1. The van der Waals surface area contributed by atoms with Crippen LogP contribution in [-0.4, -0.2) is 64.3 Å². The van der Waals surface area contributed by atoms with Gasteiger partial charge in [-0.25, -0.2) is 0 Å². The van der Waals surface area contributed by atoms with E-state index in [0.717, 1.165) is 18.6 Å². The summed E-state index contributed by atoms with van der Waals surface area (Å²) in [5.41, 5.74) is 0.289. The zero-order chi connectivity index (χ0) is 24.1. The van der Waals surface area contributed by atoms with Crippen molar-refractivity contribution in [2.45, 2.75) is 70.4 Å². The summed E-state index contributed by atoms with van der Waals surface area (Å²) >= 11 is 0. The maximum atomic E-state index is 13.3. The predicted molar refractivity (Wildman–Crippen MR) is 115 cm³/mol. The highest BCUT2D eigenvalue weighted by atomic mass is 19.4. The summed E-state index contributed by atoms with van der Waals surface area (Å²) in [4.78, 5) is 31.4. The van der Waals surface area contributed by atoms with Crippen LogP contribution in [0.25, 0.3) is 0 Å². The first-order valence-electron chi connectivity index (χ1n) is 11.5. The lowest BCUT2D eigenvalue weighted by Crippen LogP contribution is -2.53. The van der Waals surface area contributed by atoms with E-state index >= 15 is 0 Å². The molecule has 0 aliphatic carbocycles. The number of alkyl halides is 3. The Bertz CT molecular complexity index is 989. The number of hydrogen-bond acceptors (Lipinski definition) is 4. The summed E-state index contributed by atoms with van der Waals surface area (Å²) in [6.45, 7) is 6.86. The minimum Gasteiger partial charge on any atom is -0.330 e. The van der Waals surface area contributed by atoms with Crippen molar-refractivity contribution in [3.8, 4) is 6.07 Å². The van der Waals surface area contributed by atoms with Gasteiger partial charge in [-0.1, -0.05) is 18.6 Å². The van der Waals surface area contributed by atoms with E-state index in [1.165, 1.54) is 0 Å². The molecular formula is C24H29F3N4O2. The summed E-state index contributed by atoms with van der Waals surface area (Å²) < 4.78 is 39.8. The standard InChI is InChI=1S/C24H29F3N4O2/c1-14-7-17(9-18(8-14)24(25,26)27)16(3)31-20-10-21(23(31)33)29(13-20)12-15(2)22(32)30-6-4-5-19(30)11-28/h7-9,15-16,19-21H,4-6,10,12-13H2,1-3H3/t15-,16+,19-,20?,21+/m0/s1. The maximum absolute atomic E-state index is 13.3. The number of hydrogen-bond donors (Lipinski definition) is 0. The van der Waals surface area contributed by atoms with E-state index in [9.17, 15) is 28.0 Å². The number of benzene rings is 1. The van der Waals surface area contributed by atoms with Crippen molar-refractivity contribution >= 4 is 11.8 Å². The first kappa shape index (κ1) is 23.6. The molecule has 3 fully saturated rings. The number of amides is 2. The van der Waals surface area contributed by atoms with Gasteiger partial charge in [-0.15, -0.1) is 0 Å². The average Bonchev–Trinajstić information content (AvgIpc) is 3.46. The van der Waals surface area contributed by atoms with Crippen molar-refractivity contribution in [1.29, 1.82) is 5.26 Å². The second-order valence-electron chi connectivity index (χ2n) is 9.63. The van der Waals surface area contributed by atoms with Gasteiger partial charge in [0.15, 0.2) is 0 Å². The van der Waals surface area contributed by atoms with Crippen molar-refractivity contribution < 1.29 is 22.8 Å². The van der Waals surface area contributed by atoms with Crippen molar-refractivity contribution in [2.75, 3.05) is 19.6 Å². The van der Waals surface area contributed by atoms with Crippen LogP contribution in [0.2, 0.25) is 0 Å². The molecule has 0 radical (unpaired) electrons. The van der Waals surface area contributed by atoms with E-state index in [1.54, 1.807) is 29.7 Å². The number of carbonyl (C=O) groups excluding carboxylic acids is 2. The van der Waals surface area contributed by atoms with Crippen LogP contribution in [-0.2, 0) is 15.8 Å². The molecule has 1 unspecified atom stereocenters. The lowest BCUT2D eigenvalue weighted by molar-refractivity contribution is -0.142. The van der Waals surface area contributed by atoms with Crippen LogP contribution in [0.3, 0.4) is 0 Å². The van der Waals surface area contributed by atoms with Crippen LogP contribution < -0.4 is 0 Å². The van der Waals surface area contributed by atoms with E-state index in [-0.39, 0.29) is 35.9 Å². The van der Waals surface area contributed by atoms with E-state index in [0.29, 0.717) is 43.6 Å². The Labute approximate surface area is 191 Å². The van der Waals surface area contributed by atoms with Gasteiger partial charge in [0.05, 0.1) is 23.7 Å². The number of nitriles is 1. The monoisotopic (exact) mass is 462 g/mol. The topological polar surface area (TPSA) is 67.7 Å². The largest absolute Gasteiger partial charge is 0.416 e. The van der Waals surface area contributed by atoms with Gasteiger partial charge in [0, 0.05) is 31.6 Å². The fourth-order valence-corrected chi connectivity index (χ4v) is 5.65. The van der Waals surface area contributed by atoms with Crippen LogP contribution in [0.1, 0.15) is 55.8 Å². The van der Waals surface area contributed by atoms with Crippen LogP contribution in [0, 0.1) is 24.2 Å². The molecule has 2 amide bonds. The third kappa shape index (κ3) is 4.33. The molecule has 1 aromatic rings. The van der Waals surface area contributed by atoms with Crippen LogP contribution in [0.15, 0.2) is 18.2 Å². The molecule has 2 bridgehead atoms. The first-order valence-corrected chi connectivity index (χ1v) is 11.5. The second kappa shape index (κ2) is 8.64.